The molecular weight excluding hydrogens is 334 g/mol. The first-order valence-corrected chi connectivity index (χ1v) is 9.45. The van der Waals surface area contributed by atoms with Gasteiger partial charge < -0.3 is 14.8 Å². The average molecular weight is 359 g/mol. The number of hydrogen-bond acceptors (Lipinski definition) is 4. The molecule has 1 N–H and O–H groups in total. The standard InChI is InChI=1S/C20H25NO3S/c1-15-7-6-8-17(13-15)24-11-12-25-14-20(22)21-16(2)18-9-4-5-10-19(18)23-3/h4-10,13,16H,11-12,14H2,1-3H3,(H,21,22). The van der Waals surface area contributed by atoms with Crippen LogP contribution in [0.15, 0.2) is 48.5 Å². The fourth-order valence-electron chi connectivity index (χ4n) is 2.47. The Kier molecular flexibility index (Phi) is 7.67. The van der Waals surface area contributed by atoms with Gasteiger partial charge in [-0.1, -0.05) is 30.3 Å². The van der Waals surface area contributed by atoms with E-state index < -0.39 is 0 Å². The van der Waals surface area contributed by atoms with Crippen molar-refractivity contribution in [3.8, 4) is 11.5 Å². The van der Waals surface area contributed by atoms with Gasteiger partial charge in [0.2, 0.25) is 5.91 Å². The van der Waals surface area contributed by atoms with Crippen molar-refractivity contribution in [3.63, 3.8) is 0 Å². The van der Waals surface area contributed by atoms with Crippen LogP contribution in [0.25, 0.3) is 0 Å². The molecule has 0 saturated heterocycles. The summed E-state index contributed by atoms with van der Waals surface area (Å²) < 4.78 is 11.0. The van der Waals surface area contributed by atoms with E-state index in [0.717, 1.165) is 22.8 Å². The van der Waals surface area contributed by atoms with Gasteiger partial charge >= 0.3 is 0 Å². The van der Waals surface area contributed by atoms with Crippen molar-refractivity contribution in [3.05, 3.63) is 59.7 Å². The van der Waals surface area contributed by atoms with Gasteiger partial charge in [0.25, 0.3) is 0 Å². The number of aryl methyl sites for hydroxylation is 1. The zero-order chi connectivity index (χ0) is 18.1. The SMILES string of the molecule is COc1ccccc1C(C)NC(=O)CSCCOc1cccc(C)c1. The Morgan fingerprint density at radius 2 is 2.00 bits per heavy atom. The minimum absolute atomic E-state index is 0.0129. The van der Waals surface area contributed by atoms with Crippen molar-refractivity contribution in [1.29, 1.82) is 0 Å². The monoisotopic (exact) mass is 359 g/mol. The van der Waals surface area contributed by atoms with Crippen LogP contribution in [0, 0.1) is 6.92 Å². The van der Waals surface area contributed by atoms with Crippen LogP contribution in [0.2, 0.25) is 0 Å². The van der Waals surface area contributed by atoms with E-state index in [4.69, 9.17) is 9.47 Å². The number of ether oxygens (including phenoxy) is 2. The van der Waals surface area contributed by atoms with Gasteiger partial charge in [-0.3, -0.25) is 4.79 Å². The van der Waals surface area contributed by atoms with Crippen LogP contribution in [0.4, 0.5) is 0 Å². The van der Waals surface area contributed by atoms with Crippen LogP contribution in [0.5, 0.6) is 11.5 Å². The van der Waals surface area contributed by atoms with Crippen LogP contribution in [-0.4, -0.2) is 31.1 Å². The summed E-state index contributed by atoms with van der Waals surface area (Å²) in [7, 11) is 1.64. The molecule has 0 fully saturated rings. The summed E-state index contributed by atoms with van der Waals surface area (Å²) in [4.78, 5) is 12.1. The van der Waals surface area contributed by atoms with Gasteiger partial charge in [0.05, 0.1) is 25.5 Å². The smallest absolute Gasteiger partial charge is 0.230 e. The molecule has 1 atom stereocenters. The number of methoxy groups -OCH3 is 1. The average Bonchev–Trinajstić information content (AvgIpc) is 2.61. The molecule has 1 amide bonds. The highest BCUT2D eigenvalue weighted by Gasteiger charge is 2.13. The van der Waals surface area contributed by atoms with Crippen LogP contribution in [-0.2, 0) is 4.79 Å². The number of benzene rings is 2. The number of carbonyl (C=O) groups is 1. The largest absolute Gasteiger partial charge is 0.496 e. The molecular formula is C20H25NO3S. The third-order valence-corrected chi connectivity index (χ3v) is 4.62. The summed E-state index contributed by atoms with van der Waals surface area (Å²) >= 11 is 1.56. The Bertz CT molecular complexity index is 690. The van der Waals surface area contributed by atoms with E-state index >= 15 is 0 Å². The number of rotatable bonds is 9. The first kappa shape index (κ1) is 19.2. The fourth-order valence-corrected chi connectivity index (χ4v) is 3.09. The second kappa shape index (κ2) is 9.99. The van der Waals surface area contributed by atoms with E-state index in [1.54, 1.807) is 18.9 Å². The van der Waals surface area contributed by atoms with Gasteiger partial charge in [-0.25, -0.2) is 0 Å². The van der Waals surface area contributed by atoms with E-state index in [9.17, 15) is 4.79 Å². The first-order chi connectivity index (χ1) is 12.1. The normalized spacial score (nSPS) is 11.6. The third kappa shape index (κ3) is 6.35. The highest BCUT2D eigenvalue weighted by molar-refractivity contribution is 7.99. The van der Waals surface area contributed by atoms with E-state index in [-0.39, 0.29) is 11.9 Å². The summed E-state index contributed by atoms with van der Waals surface area (Å²) in [6.07, 6.45) is 0. The zero-order valence-electron chi connectivity index (χ0n) is 15.0. The van der Waals surface area contributed by atoms with Gasteiger partial charge in [0, 0.05) is 11.3 Å². The molecule has 5 heteroatoms. The molecule has 0 radical (unpaired) electrons. The van der Waals surface area contributed by atoms with E-state index in [0.29, 0.717) is 12.4 Å². The number of thioether (sulfide) groups is 1. The number of carbonyl (C=O) groups excluding carboxylic acids is 1. The van der Waals surface area contributed by atoms with E-state index in [1.807, 2.05) is 62.4 Å². The van der Waals surface area contributed by atoms with Gasteiger partial charge in [0.1, 0.15) is 11.5 Å². The van der Waals surface area contributed by atoms with Crippen molar-refractivity contribution in [2.24, 2.45) is 0 Å². The van der Waals surface area contributed by atoms with Crippen LogP contribution >= 0.6 is 11.8 Å². The Balaban J connectivity index is 1.68. The van der Waals surface area contributed by atoms with Crippen LogP contribution in [0.1, 0.15) is 24.1 Å². The molecule has 0 saturated carbocycles. The number of amides is 1. The minimum atomic E-state index is -0.0900. The predicted octanol–water partition coefficient (Wildman–Crippen LogP) is 3.99. The molecule has 0 aliphatic heterocycles. The molecule has 0 heterocycles. The van der Waals surface area contributed by atoms with Crippen LogP contribution in [0.3, 0.4) is 0 Å². The first-order valence-electron chi connectivity index (χ1n) is 8.29. The Hall–Kier alpha value is -2.14. The number of nitrogens with one attached hydrogen (secondary N) is 1. The summed E-state index contributed by atoms with van der Waals surface area (Å²) in [6, 6.07) is 15.6. The molecule has 2 aromatic rings. The molecule has 2 aromatic carbocycles. The molecule has 0 spiro atoms. The quantitative estimate of drug-likeness (QED) is 0.688. The minimum Gasteiger partial charge on any atom is -0.496 e. The van der Waals surface area contributed by atoms with E-state index in [1.165, 1.54) is 5.56 Å². The van der Waals surface area contributed by atoms with Crippen molar-refractivity contribution in [2.75, 3.05) is 25.2 Å². The lowest BCUT2D eigenvalue weighted by molar-refractivity contribution is -0.119. The number of para-hydroxylation sites is 1. The highest BCUT2D eigenvalue weighted by atomic mass is 32.2. The topological polar surface area (TPSA) is 47.6 Å². The second-order valence-corrected chi connectivity index (χ2v) is 6.85. The lowest BCUT2D eigenvalue weighted by Crippen LogP contribution is -2.28. The van der Waals surface area contributed by atoms with Crippen molar-refractivity contribution >= 4 is 17.7 Å². The molecule has 1 unspecified atom stereocenters. The second-order valence-electron chi connectivity index (χ2n) is 5.75. The maximum atomic E-state index is 12.1. The maximum absolute atomic E-state index is 12.1. The summed E-state index contributed by atoms with van der Waals surface area (Å²) in [5.74, 6) is 2.85. The Morgan fingerprint density at radius 3 is 2.76 bits per heavy atom. The van der Waals surface area contributed by atoms with Crippen LogP contribution < -0.4 is 14.8 Å². The molecule has 134 valence electrons. The summed E-state index contributed by atoms with van der Waals surface area (Å²) in [6.45, 7) is 4.58. The summed E-state index contributed by atoms with van der Waals surface area (Å²) in [5.41, 5.74) is 2.15. The molecule has 4 nitrogen and oxygen atoms in total. The van der Waals surface area contributed by atoms with Gasteiger partial charge in [-0.15, -0.1) is 11.8 Å². The van der Waals surface area contributed by atoms with Crippen molar-refractivity contribution in [1.82, 2.24) is 5.32 Å². The molecule has 0 aliphatic carbocycles. The van der Waals surface area contributed by atoms with Gasteiger partial charge in [0.15, 0.2) is 0 Å². The van der Waals surface area contributed by atoms with Crippen molar-refractivity contribution in [2.45, 2.75) is 19.9 Å². The predicted molar refractivity (Wildman–Crippen MR) is 104 cm³/mol. The van der Waals surface area contributed by atoms with Gasteiger partial charge in [-0.2, -0.15) is 0 Å². The zero-order valence-corrected chi connectivity index (χ0v) is 15.8. The number of hydrogen-bond donors (Lipinski definition) is 1. The molecule has 25 heavy (non-hydrogen) atoms. The third-order valence-electron chi connectivity index (χ3n) is 3.70. The Morgan fingerprint density at radius 1 is 1.20 bits per heavy atom. The molecule has 0 aromatic heterocycles. The molecule has 0 bridgehead atoms. The highest BCUT2D eigenvalue weighted by Crippen LogP contribution is 2.24. The Labute approximate surface area is 153 Å². The van der Waals surface area contributed by atoms with Crippen molar-refractivity contribution < 1.29 is 14.3 Å². The maximum Gasteiger partial charge on any atom is 0.230 e. The molecule has 2 rings (SSSR count). The van der Waals surface area contributed by atoms with Gasteiger partial charge in [-0.05, 0) is 37.6 Å². The summed E-state index contributed by atoms with van der Waals surface area (Å²) in [5, 5.41) is 3.01. The lowest BCUT2D eigenvalue weighted by Gasteiger charge is -2.17. The lowest BCUT2D eigenvalue weighted by atomic mass is 10.1. The molecule has 0 aliphatic rings. The fraction of sp³-hybridized carbons (Fsp3) is 0.350. The van der Waals surface area contributed by atoms with E-state index in [2.05, 4.69) is 5.32 Å².